The lowest BCUT2D eigenvalue weighted by molar-refractivity contribution is 0.0941. The van der Waals surface area contributed by atoms with Gasteiger partial charge in [-0.05, 0) is 31.2 Å². The van der Waals surface area contributed by atoms with E-state index >= 15 is 0 Å². The minimum Gasteiger partial charge on any atom is -0.380 e. The number of nitrogens with one attached hydrogen (secondary N) is 1. The Bertz CT molecular complexity index is 204. The summed E-state index contributed by atoms with van der Waals surface area (Å²) in [7, 11) is 1.83. The van der Waals surface area contributed by atoms with Gasteiger partial charge in [0, 0.05) is 33.3 Å². The van der Waals surface area contributed by atoms with Gasteiger partial charge in [0.05, 0.1) is 6.10 Å². The van der Waals surface area contributed by atoms with Gasteiger partial charge in [-0.2, -0.15) is 0 Å². The molecule has 1 rings (SSSR count). The van der Waals surface area contributed by atoms with E-state index in [0.29, 0.717) is 11.5 Å². The maximum absolute atomic E-state index is 5.45. The molecule has 3 nitrogen and oxygen atoms in total. The van der Waals surface area contributed by atoms with Crippen molar-refractivity contribution in [2.75, 3.05) is 39.8 Å². The van der Waals surface area contributed by atoms with Crippen LogP contribution in [0.5, 0.6) is 0 Å². The van der Waals surface area contributed by atoms with E-state index in [0.717, 1.165) is 19.6 Å². The van der Waals surface area contributed by atoms with Crippen molar-refractivity contribution in [3.63, 3.8) is 0 Å². The van der Waals surface area contributed by atoms with Gasteiger partial charge in [-0.3, -0.25) is 0 Å². The zero-order valence-corrected chi connectivity index (χ0v) is 12.1. The molecule has 1 fully saturated rings. The Labute approximate surface area is 107 Å². The molecule has 0 aromatic carbocycles. The second-order valence-electron chi connectivity index (χ2n) is 5.37. The van der Waals surface area contributed by atoms with E-state index < -0.39 is 0 Å². The van der Waals surface area contributed by atoms with Crippen molar-refractivity contribution in [2.24, 2.45) is 5.41 Å². The molecule has 102 valence electrons. The lowest BCUT2D eigenvalue weighted by Crippen LogP contribution is -2.43. The lowest BCUT2D eigenvalue weighted by atomic mass is 9.81. The van der Waals surface area contributed by atoms with E-state index in [9.17, 15) is 0 Å². The fourth-order valence-corrected chi connectivity index (χ4v) is 2.78. The Balaban J connectivity index is 2.48. The first-order valence-electron chi connectivity index (χ1n) is 7.15. The molecule has 17 heavy (non-hydrogen) atoms. The highest BCUT2D eigenvalue weighted by molar-refractivity contribution is 4.86. The minimum atomic E-state index is 0.443. The van der Waals surface area contributed by atoms with Crippen molar-refractivity contribution in [1.29, 1.82) is 0 Å². The quantitative estimate of drug-likeness (QED) is 0.705. The average molecular weight is 242 g/mol. The summed E-state index contributed by atoms with van der Waals surface area (Å²) in [5.74, 6) is 0. The number of nitrogens with zero attached hydrogens (tertiary/aromatic N) is 1. The normalized spacial score (nSPS) is 22.2. The summed E-state index contributed by atoms with van der Waals surface area (Å²) in [4.78, 5) is 2.58. The highest BCUT2D eigenvalue weighted by Gasteiger charge is 2.31. The average Bonchev–Trinajstić information content (AvgIpc) is 2.82. The molecule has 0 bridgehead atoms. The third kappa shape index (κ3) is 4.23. The maximum atomic E-state index is 5.45. The molecule has 1 N–H and O–H groups in total. The number of hydrogen-bond donors (Lipinski definition) is 1. The molecule has 3 heteroatoms. The number of likely N-dealkylation sites (tertiary alicyclic amines) is 1. The second-order valence-corrected chi connectivity index (χ2v) is 5.37. The lowest BCUT2D eigenvalue weighted by Gasteiger charge is -2.36. The Kier molecular flexibility index (Phi) is 6.45. The van der Waals surface area contributed by atoms with Crippen molar-refractivity contribution in [2.45, 2.75) is 46.1 Å². The Morgan fingerprint density at radius 3 is 2.47 bits per heavy atom. The van der Waals surface area contributed by atoms with Gasteiger partial charge in [0.1, 0.15) is 0 Å². The highest BCUT2D eigenvalue weighted by atomic mass is 16.5. The van der Waals surface area contributed by atoms with Gasteiger partial charge in [0.25, 0.3) is 0 Å². The van der Waals surface area contributed by atoms with E-state index in [1.807, 2.05) is 7.11 Å². The number of methoxy groups -OCH3 is 1. The van der Waals surface area contributed by atoms with E-state index in [1.165, 1.54) is 32.4 Å². The summed E-state index contributed by atoms with van der Waals surface area (Å²) < 4.78 is 5.45. The Hall–Kier alpha value is -0.120. The van der Waals surface area contributed by atoms with Gasteiger partial charge in [0.15, 0.2) is 0 Å². The second kappa shape index (κ2) is 7.34. The summed E-state index contributed by atoms with van der Waals surface area (Å²) in [5, 5.41) is 3.53. The minimum absolute atomic E-state index is 0.443. The standard InChI is InChI=1S/C14H30N2O/c1-5-14(6-2,11-15-7-3)12-16-9-8-13(10-16)17-4/h13,15H,5-12H2,1-4H3. The molecule has 0 aromatic rings. The van der Waals surface area contributed by atoms with Crippen LogP contribution in [-0.2, 0) is 4.74 Å². The summed E-state index contributed by atoms with van der Waals surface area (Å²) in [5.41, 5.74) is 0.443. The smallest absolute Gasteiger partial charge is 0.0710 e. The van der Waals surface area contributed by atoms with Crippen molar-refractivity contribution in [3.05, 3.63) is 0 Å². The van der Waals surface area contributed by atoms with Crippen LogP contribution < -0.4 is 5.32 Å². The predicted molar refractivity (Wildman–Crippen MR) is 73.4 cm³/mol. The molecule has 0 spiro atoms. The Morgan fingerprint density at radius 1 is 1.29 bits per heavy atom. The summed E-state index contributed by atoms with van der Waals surface area (Å²) in [6.07, 6.45) is 4.16. The zero-order chi connectivity index (χ0) is 12.7. The molecule has 1 atom stereocenters. The van der Waals surface area contributed by atoms with Gasteiger partial charge in [-0.25, -0.2) is 0 Å². The number of ether oxygens (including phenoxy) is 1. The van der Waals surface area contributed by atoms with E-state index in [1.54, 1.807) is 0 Å². The largest absolute Gasteiger partial charge is 0.380 e. The highest BCUT2D eigenvalue weighted by Crippen LogP contribution is 2.28. The number of hydrogen-bond acceptors (Lipinski definition) is 3. The monoisotopic (exact) mass is 242 g/mol. The molecule has 1 aliphatic heterocycles. The molecule has 1 heterocycles. The summed E-state index contributed by atoms with van der Waals surface area (Å²) >= 11 is 0. The van der Waals surface area contributed by atoms with Crippen molar-refractivity contribution < 1.29 is 4.74 Å². The Morgan fingerprint density at radius 2 is 2.00 bits per heavy atom. The summed E-state index contributed by atoms with van der Waals surface area (Å²) in [6.45, 7) is 12.6. The van der Waals surface area contributed by atoms with Gasteiger partial charge in [-0.1, -0.05) is 20.8 Å². The molecule has 0 amide bonds. The van der Waals surface area contributed by atoms with Gasteiger partial charge >= 0.3 is 0 Å². The van der Waals surface area contributed by atoms with Gasteiger partial charge < -0.3 is 15.0 Å². The van der Waals surface area contributed by atoms with Crippen molar-refractivity contribution >= 4 is 0 Å². The van der Waals surface area contributed by atoms with Crippen LogP contribution in [0.3, 0.4) is 0 Å². The van der Waals surface area contributed by atoms with E-state index in [-0.39, 0.29) is 0 Å². The number of rotatable bonds is 8. The predicted octanol–water partition coefficient (Wildman–Crippen LogP) is 2.12. The van der Waals surface area contributed by atoms with Crippen LogP contribution >= 0.6 is 0 Å². The maximum Gasteiger partial charge on any atom is 0.0710 e. The topological polar surface area (TPSA) is 24.5 Å². The first kappa shape index (κ1) is 14.9. The van der Waals surface area contributed by atoms with Crippen LogP contribution in [0.4, 0.5) is 0 Å². The molecule has 0 radical (unpaired) electrons. The molecule has 1 aliphatic rings. The third-order valence-electron chi connectivity index (χ3n) is 4.37. The van der Waals surface area contributed by atoms with Crippen LogP contribution in [-0.4, -0.2) is 50.8 Å². The zero-order valence-electron chi connectivity index (χ0n) is 12.1. The summed E-state index contributed by atoms with van der Waals surface area (Å²) in [6, 6.07) is 0. The molecule has 0 aliphatic carbocycles. The van der Waals surface area contributed by atoms with Crippen LogP contribution in [0.2, 0.25) is 0 Å². The molecule has 1 saturated heterocycles. The first-order chi connectivity index (χ1) is 8.19. The fraction of sp³-hybridized carbons (Fsp3) is 1.00. The van der Waals surface area contributed by atoms with E-state index in [4.69, 9.17) is 4.74 Å². The fourth-order valence-electron chi connectivity index (χ4n) is 2.78. The molecular weight excluding hydrogens is 212 g/mol. The van der Waals surface area contributed by atoms with Crippen molar-refractivity contribution in [1.82, 2.24) is 10.2 Å². The molecule has 0 saturated carbocycles. The van der Waals surface area contributed by atoms with Gasteiger partial charge in [-0.15, -0.1) is 0 Å². The van der Waals surface area contributed by atoms with Crippen LogP contribution in [0.25, 0.3) is 0 Å². The van der Waals surface area contributed by atoms with E-state index in [2.05, 4.69) is 31.0 Å². The molecule has 1 unspecified atom stereocenters. The van der Waals surface area contributed by atoms with Crippen LogP contribution in [0.1, 0.15) is 40.0 Å². The first-order valence-corrected chi connectivity index (χ1v) is 7.15. The van der Waals surface area contributed by atoms with Gasteiger partial charge in [0.2, 0.25) is 0 Å². The molecular formula is C14H30N2O. The van der Waals surface area contributed by atoms with Crippen molar-refractivity contribution in [3.8, 4) is 0 Å². The SMILES string of the molecule is CCNCC(CC)(CC)CN1CCC(OC)C1. The third-order valence-corrected chi connectivity index (χ3v) is 4.37. The van der Waals surface area contributed by atoms with Crippen LogP contribution in [0.15, 0.2) is 0 Å². The van der Waals surface area contributed by atoms with Crippen LogP contribution in [0, 0.1) is 5.41 Å². The molecule has 0 aromatic heterocycles.